The molecule has 0 saturated heterocycles. The Kier molecular flexibility index (Phi) is 4.59. The zero-order valence-corrected chi connectivity index (χ0v) is 12.7. The maximum atomic E-state index is 13.1. The Labute approximate surface area is 132 Å². The molecule has 3 rings (SSSR count). The van der Waals surface area contributed by atoms with E-state index in [-0.39, 0.29) is 23.8 Å². The number of rotatable bonds is 2. The van der Waals surface area contributed by atoms with Crippen LogP contribution in [0.5, 0.6) is 0 Å². The van der Waals surface area contributed by atoms with Crippen LogP contribution in [0, 0.1) is 5.82 Å². The maximum Gasteiger partial charge on any atom is 0.266 e. The molecule has 0 fully saturated rings. The molecule has 4 nitrogen and oxygen atoms in total. The molecule has 0 amide bonds. The summed E-state index contributed by atoms with van der Waals surface area (Å²) in [5.74, 6) is 0.0909. The maximum absolute atomic E-state index is 13.1. The van der Waals surface area contributed by atoms with Gasteiger partial charge in [0.2, 0.25) is 0 Å². The predicted molar refractivity (Wildman–Crippen MR) is 87.1 cm³/mol. The van der Waals surface area contributed by atoms with Crippen LogP contribution in [-0.2, 0) is 0 Å². The molecule has 114 valence electrons. The van der Waals surface area contributed by atoms with Gasteiger partial charge in [-0.1, -0.05) is 12.1 Å². The van der Waals surface area contributed by atoms with Gasteiger partial charge in [0.25, 0.3) is 5.56 Å². The van der Waals surface area contributed by atoms with Crippen molar-refractivity contribution in [3.05, 3.63) is 70.5 Å². The summed E-state index contributed by atoms with van der Waals surface area (Å²) in [5.41, 5.74) is 6.89. The minimum atomic E-state index is -0.424. The molecule has 1 aromatic heterocycles. The van der Waals surface area contributed by atoms with E-state index < -0.39 is 6.04 Å². The average molecular weight is 320 g/mol. The van der Waals surface area contributed by atoms with Gasteiger partial charge in [-0.2, -0.15) is 0 Å². The van der Waals surface area contributed by atoms with E-state index in [4.69, 9.17) is 5.73 Å². The first-order valence-corrected chi connectivity index (χ1v) is 6.61. The molecule has 0 spiro atoms. The molecule has 0 bridgehead atoms. The van der Waals surface area contributed by atoms with Gasteiger partial charge in [-0.05, 0) is 43.3 Å². The summed E-state index contributed by atoms with van der Waals surface area (Å²) in [7, 11) is 0. The number of para-hydroxylation sites is 1. The van der Waals surface area contributed by atoms with Gasteiger partial charge in [0.1, 0.15) is 11.6 Å². The Morgan fingerprint density at radius 2 is 1.77 bits per heavy atom. The second-order valence-corrected chi connectivity index (χ2v) is 4.89. The lowest BCUT2D eigenvalue weighted by molar-refractivity contribution is 0.626. The van der Waals surface area contributed by atoms with Crippen molar-refractivity contribution in [1.29, 1.82) is 0 Å². The molecule has 0 aliphatic carbocycles. The fourth-order valence-electron chi connectivity index (χ4n) is 2.30. The normalized spacial score (nSPS) is 12.0. The summed E-state index contributed by atoms with van der Waals surface area (Å²) in [6, 6.07) is 12.4. The van der Waals surface area contributed by atoms with Crippen LogP contribution in [0.3, 0.4) is 0 Å². The largest absolute Gasteiger partial charge is 0.322 e. The number of halogens is 2. The Morgan fingerprint density at radius 1 is 1.14 bits per heavy atom. The van der Waals surface area contributed by atoms with E-state index >= 15 is 0 Å². The van der Waals surface area contributed by atoms with Gasteiger partial charge >= 0.3 is 0 Å². The zero-order chi connectivity index (χ0) is 15.0. The molecule has 3 aromatic rings. The number of fused-ring (bicyclic) bond motifs is 1. The van der Waals surface area contributed by atoms with E-state index in [9.17, 15) is 9.18 Å². The van der Waals surface area contributed by atoms with Crippen molar-refractivity contribution in [2.45, 2.75) is 13.0 Å². The van der Waals surface area contributed by atoms with Crippen molar-refractivity contribution in [1.82, 2.24) is 9.55 Å². The van der Waals surface area contributed by atoms with E-state index in [2.05, 4.69) is 4.98 Å². The van der Waals surface area contributed by atoms with Crippen LogP contribution in [0.2, 0.25) is 0 Å². The fourth-order valence-corrected chi connectivity index (χ4v) is 2.30. The van der Waals surface area contributed by atoms with Crippen LogP contribution in [-0.4, -0.2) is 9.55 Å². The van der Waals surface area contributed by atoms with Gasteiger partial charge < -0.3 is 5.73 Å². The highest BCUT2D eigenvalue weighted by Gasteiger charge is 2.15. The third-order valence-corrected chi connectivity index (χ3v) is 3.29. The highest BCUT2D eigenvalue weighted by molar-refractivity contribution is 5.85. The summed E-state index contributed by atoms with van der Waals surface area (Å²) in [4.78, 5) is 17.2. The van der Waals surface area contributed by atoms with Crippen LogP contribution >= 0.6 is 12.4 Å². The molecule has 22 heavy (non-hydrogen) atoms. The molecule has 1 heterocycles. The Hall–Kier alpha value is -2.24. The lowest BCUT2D eigenvalue weighted by atomic mass is 10.2. The molecular formula is C16H15ClFN3O. The zero-order valence-electron chi connectivity index (χ0n) is 11.9. The first-order valence-electron chi connectivity index (χ1n) is 6.61. The second kappa shape index (κ2) is 6.25. The van der Waals surface area contributed by atoms with Crippen LogP contribution in [0.15, 0.2) is 53.3 Å². The van der Waals surface area contributed by atoms with Crippen LogP contribution in [0.1, 0.15) is 18.8 Å². The van der Waals surface area contributed by atoms with Crippen molar-refractivity contribution in [3.8, 4) is 5.69 Å². The average Bonchev–Trinajstić information content (AvgIpc) is 2.48. The Bertz CT molecular complexity index is 859. The lowest BCUT2D eigenvalue weighted by Gasteiger charge is -2.15. The standard InChI is InChI=1S/C16H14FN3O.ClH/c1-10(18)15-19-14-5-3-2-4-13(14)16(21)20(15)12-8-6-11(17)7-9-12;/h2-10H,18H2,1H3;1H. The quantitative estimate of drug-likeness (QED) is 0.790. The van der Waals surface area contributed by atoms with Gasteiger partial charge in [-0.3, -0.25) is 9.36 Å². The summed E-state index contributed by atoms with van der Waals surface area (Å²) >= 11 is 0. The van der Waals surface area contributed by atoms with E-state index in [0.29, 0.717) is 22.4 Å². The van der Waals surface area contributed by atoms with Crippen molar-refractivity contribution < 1.29 is 4.39 Å². The Morgan fingerprint density at radius 3 is 2.41 bits per heavy atom. The number of nitrogens with two attached hydrogens (primary N) is 1. The van der Waals surface area contributed by atoms with E-state index in [1.165, 1.54) is 16.7 Å². The minimum Gasteiger partial charge on any atom is -0.322 e. The van der Waals surface area contributed by atoms with Crippen molar-refractivity contribution in [3.63, 3.8) is 0 Å². The van der Waals surface area contributed by atoms with E-state index in [1.807, 2.05) is 6.07 Å². The molecule has 2 aromatic carbocycles. The van der Waals surface area contributed by atoms with E-state index in [1.54, 1.807) is 37.3 Å². The highest BCUT2D eigenvalue weighted by Crippen LogP contribution is 2.16. The first kappa shape index (κ1) is 16.1. The molecule has 1 atom stereocenters. The number of benzene rings is 2. The molecule has 1 unspecified atom stereocenters. The fraction of sp³-hybridized carbons (Fsp3) is 0.125. The molecule has 2 N–H and O–H groups in total. The van der Waals surface area contributed by atoms with Gasteiger partial charge in [0.05, 0.1) is 22.6 Å². The van der Waals surface area contributed by atoms with Crippen LogP contribution in [0.4, 0.5) is 4.39 Å². The van der Waals surface area contributed by atoms with Crippen molar-refractivity contribution in [2.24, 2.45) is 5.73 Å². The van der Waals surface area contributed by atoms with Gasteiger partial charge in [-0.25, -0.2) is 9.37 Å². The third-order valence-electron chi connectivity index (χ3n) is 3.29. The summed E-state index contributed by atoms with van der Waals surface area (Å²) in [6.45, 7) is 1.76. The monoisotopic (exact) mass is 319 g/mol. The number of hydrogen-bond donors (Lipinski definition) is 1. The molecular weight excluding hydrogens is 305 g/mol. The first-order chi connectivity index (χ1) is 10.1. The minimum absolute atomic E-state index is 0. The molecule has 6 heteroatoms. The summed E-state index contributed by atoms with van der Waals surface area (Å²) < 4.78 is 14.5. The molecule has 0 radical (unpaired) electrons. The van der Waals surface area contributed by atoms with Crippen LogP contribution in [0.25, 0.3) is 16.6 Å². The smallest absolute Gasteiger partial charge is 0.266 e. The van der Waals surface area contributed by atoms with Gasteiger partial charge in [0, 0.05) is 0 Å². The molecule has 0 saturated carbocycles. The van der Waals surface area contributed by atoms with Crippen LogP contribution < -0.4 is 11.3 Å². The number of aromatic nitrogens is 2. The third kappa shape index (κ3) is 2.73. The summed E-state index contributed by atoms with van der Waals surface area (Å²) in [5, 5.41) is 0.506. The van der Waals surface area contributed by atoms with Crippen molar-refractivity contribution in [2.75, 3.05) is 0 Å². The lowest BCUT2D eigenvalue weighted by Crippen LogP contribution is -2.27. The Balaban J connectivity index is 0.00000176. The predicted octanol–water partition coefficient (Wildman–Crippen LogP) is 2.97. The topological polar surface area (TPSA) is 60.9 Å². The van der Waals surface area contributed by atoms with Gasteiger partial charge in [-0.15, -0.1) is 12.4 Å². The molecule has 0 aliphatic rings. The second-order valence-electron chi connectivity index (χ2n) is 4.89. The SMILES string of the molecule is CC(N)c1nc2ccccc2c(=O)n1-c1ccc(F)cc1.Cl. The summed E-state index contributed by atoms with van der Waals surface area (Å²) in [6.07, 6.45) is 0. The highest BCUT2D eigenvalue weighted by atomic mass is 35.5. The van der Waals surface area contributed by atoms with E-state index in [0.717, 1.165) is 0 Å². The number of hydrogen-bond acceptors (Lipinski definition) is 3. The molecule has 0 aliphatic heterocycles. The van der Waals surface area contributed by atoms with Crippen molar-refractivity contribution >= 4 is 23.3 Å². The number of nitrogens with zero attached hydrogens (tertiary/aromatic N) is 2. The van der Waals surface area contributed by atoms with Gasteiger partial charge in [0.15, 0.2) is 0 Å².